The summed E-state index contributed by atoms with van der Waals surface area (Å²) in [6.07, 6.45) is 2.83. The van der Waals surface area contributed by atoms with Gasteiger partial charge in [-0.1, -0.05) is 31.7 Å². The van der Waals surface area contributed by atoms with Crippen molar-refractivity contribution in [3.8, 4) is 5.75 Å². The lowest BCUT2D eigenvalue weighted by Crippen LogP contribution is -1.96. The normalized spacial score (nSPS) is 9.69. The van der Waals surface area contributed by atoms with Gasteiger partial charge in [-0.3, -0.25) is 0 Å². The Balaban J connectivity index is 2.87. The highest BCUT2D eigenvalue weighted by atomic mass is 79.9. The van der Waals surface area contributed by atoms with E-state index in [9.17, 15) is 0 Å². The summed E-state index contributed by atoms with van der Waals surface area (Å²) < 4.78 is 6.52. The van der Waals surface area contributed by atoms with Crippen LogP contribution < -0.4 is 4.74 Å². The third-order valence-corrected chi connectivity index (χ3v) is 2.52. The molecule has 0 N–H and O–H groups in total. The summed E-state index contributed by atoms with van der Waals surface area (Å²) in [5, 5.41) is 0. The van der Waals surface area contributed by atoms with Gasteiger partial charge >= 0.3 is 0 Å². The first kappa shape index (κ1) is 10.3. The van der Waals surface area contributed by atoms with Gasteiger partial charge in [0.25, 0.3) is 0 Å². The Kier molecular flexibility index (Phi) is 4.03. The molecule has 0 atom stereocenters. The molecule has 0 spiro atoms. The second kappa shape index (κ2) is 5.07. The fraction of sp³-hybridized carbons (Fsp3) is 0.273. The minimum Gasteiger partial charge on any atom is -0.492 e. The van der Waals surface area contributed by atoms with E-state index >= 15 is 0 Å². The van der Waals surface area contributed by atoms with Gasteiger partial charge in [0, 0.05) is 0 Å². The zero-order chi connectivity index (χ0) is 9.68. The Labute approximate surface area is 87.5 Å². The summed E-state index contributed by atoms with van der Waals surface area (Å²) in [5.41, 5.74) is 1.06. The number of ether oxygens (including phenoxy) is 1. The van der Waals surface area contributed by atoms with Gasteiger partial charge in [-0.15, -0.1) is 0 Å². The molecule has 1 rings (SSSR count). The van der Waals surface area contributed by atoms with E-state index in [4.69, 9.17) is 4.74 Å². The molecular weight excluding hydrogens is 228 g/mol. The van der Waals surface area contributed by atoms with Crippen molar-refractivity contribution in [1.29, 1.82) is 0 Å². The van der Waals surface area contributed by atoms with Crippen LogP contribution >= 0.6 is 15.9 Å². The smallest absolute Gasteiger partial charge is 0.134 e. The zero-order valence-electron chi connectivity index (χ0n) is 7.72. The average Bonchev–Trinajstić information content (AvgIpc) is 2.16. The minimum absolute atomic E-state index is 0.749. The number of hydrogen-bond donors (Lipinski definition) is 0. The van der Waals surface area contributed by atoms with Crippen molar-refractivity contribution in [2.45, 2.75) is 13.3 Å². The Morgan fingerprint density at radius 2 is 2.31 bits per heavy atom. The topological polar surface area (TPSA) is 9.23 Å². The fourth-order valence-corrected chi connectivity index (χ4v) is 1.55. The maximum atomic E-state index is 5.53. The van der Waals surface area contributed by atoms with Crippen molar-refractivity contribution in [3.05, 3.63) is 34.8 Å². The highest BCUT2D eigenvalue weighted by Gasteiger charge is 2.02. The van der Waals surface area contributed by atoms with Crippen LogP contribution in [0.3, 0.4) is 0 Å². The van der Waals surface area contributed by atoms with Gasteiger partial charge in [-0.05, 0) is 34.0 Å². The second-order valence-corrected chi connectivity index (χ2v) is 3.50. The molecule has 0 aromatic heterocycles. The summed E-state index contributed by atoms with van der Waals surface area (Å²) in [4.78, 5) is 0. The first-order valence-corrected chi connectivity index (χ1v) is 5.12. The zero-order valence-corrected chi connectivity index (χ0v) is 9.30. The van der Waals surface area contributed by atoms with Gasteiger partial charge in [0.15, 0.2) is 0 Å². The summed E-state index contributed by atoms with van der Waals surface area (Å²) >= 11 is 3.48. The molecule has 0 amide bonds. The Morgan fingerprint density at radius 3 is 2.92 bits per heavy atom. The number of benzene rings is 1. The molecule has 0 heterocycles. The fourth-order valence-electron chi connectivity index (χ4n) is 1.01. The van der Waals surface area contributed by atoms with Crippen LogP contribution in [0.1, 0.15) is 18.9 Å². The van der Waals surface area contributed by atoms with E-state index in [1.165, 1.54) is 0 Å². The predicted molar refractivity (Wildman–Crippen MR) is 60.0 cm³/mol. The number of hydrogen-bond acceptors (Lipinski definition) is 1. The third-order valence-electron chi connectivity index (χ3n) is 1.67. The van der Waals surface area contributed by atoms with Gasteiger partial charge in [0.1, 0.15) is 5.75 Å². The van der Waals surface area contributed by atoms with Crippen LogP contribution in [0.4, 0.5) is 0 Å². The van der Waals surface area contributed by atoms with Gasteiger partial charge in [-0.25, -0.2) is 0 Å². The monoisotopic (exact) mass is 240 g/mol. The van der Waals surface area contributed by atoms with E-state index in [-0.39, 0.29) is 0 Å². The number of halogens is 1. The van der Waals surface area contributed by atoms with E-state index in [0.717, 1.165) is 28.8 Å². The van der Waals surface area contributed by atoms with Crippen LogP contribution in [0, 0.1) is 0 Å². The van der Waals surface area contributed by atoms with E-state index in [1.807, 2.05) is 24.3 Å². The van der Waals surface area contributed by atoms with Crippen LogP contribution in [-0.4, -0.2) is 6.61 Å². The molecule has 0 bridgehead atoms. The van der Waals surface area contributed by atoms with E-state index < -0.39 is 0 Å². The first-order valence-electron chi connectivity index (χ1n) is 4.33. The molecule has 13 heavy (non-hydrogen) atoms. The lowest BCUT2D eigenvalue weighted by Gasteiger charge is -2.08. The van der Waals surface area contributed by atoms with Crippen molar-refractivity contribution >= 4 is 22.0 Å². The molecule has 2 heteroatoms. The van der Waals surface area contributed by atoms with Crippen LogP contribution in [0.25, 0.3) is 6.08 Å². The van der Waals surface area contributed by atoms with Crippen molar-refractivity contribution in [3.63, 3.8) is 0 Å². The van der Waals surface area contributed by atoms with Gasteiger partial charge in [-0.2, -0.15) is 0 Å². The highest BCUT2D eigenvalue weighted by Crippen LogP contribution is 2.29. The third kappa shape index (κ3) is 2.59. The minimum atomic E-state index is 0.749. The van der Waals surface area contributed by atoms with Crippen molar-refractivity contribution in [2.24, 2.45) is 0 Å². The second-order valence-electron chi connectivity index (χ2n) is 2.71. The lowest BCUT2D eigenvalue weighted by molar-refractivity contribution is 0.315. The number of rotatable bonds is 4. The summed E-state index contributed by atoms with van der Waals surface area (Å²) in [5.74, 6) is 0.888. The van der Waals surface area contributed by atoms with E-state index in [0.29, 0.717) is 0 Å². The maximum absolute atomic E-state index is 5.53. The van der Waals surface area contributed by atoms with Crippen molar-refractivity contribution in [1.82, 2.24) is 0 Å². The van der Waals surface area contributed by atoms with Crippen molar-refractivity contribution in [2.75, 3.05) is 6.61 Å². The molecule has 0 fully saturated rings. The SMILES string of the molecule is C=Cc1cccc(OCCC)c1Br. The largest absolute Gasteiger partial charge is 0.492 e. The van der Waals surface area contributed by atoms with Crippen LogP contribution in [0.5, 0.6) is 5.75 Å². The molecule has 0 saturated heterocycles. The average molecular weight is 241 g/mol. The molecule has 0 aliphatic heterocycles. The molecule has 1 nitrogen and oxygen atoms in total. The predicted octanol–water partition coefficient (Wildman–Crippen LogP) is 3.88. The standard InChI is InChI=1S/C11H13BrO/c1-3-8-13-10-7-5-6-9(4-2)11(10)12/h4-7H,2-3,8H2,1H3. The molecule has 0 unspecified atom stereocenters. The Morgan fingerprint density at radius 1 is 1.54 bits per heavy atom. The molecular formula is C11H13BrO. The molecule has 1 aromatic rings. The van der Waals surface area contributed by atoms with Crippen LogP contribution in [0.15, 0.2) is 29.3 Å². The Hall–Kier alpha value is -0.760. The van der Waals surface area contributed by atoms with Crippen molar-refractivity contribution < 1.29 is 4.74 Å². The summed E-state index contributed by atoms with van der Waals surface area (Å²) in [6.45, 7) is 6.57. The lowest BCUT2D eigenvalue weighted by atomic mass is 10.2. The van der Waals surface area contributed by atoms with E-state index in [1.54, 1.807) is 0 Å². The van der Waals surface area contributed by atoms with Gasteiger partial charge < -0.3 is 4.74 Å². The highest BCUT2D eigenvalue weighted by molar-refractivity contribution is 9.10. The quantitative estimate of drug-likeness (QED) is 0.777. The summed E-state index contributed by atoms with van der Waals surface area (Å²) in [6, 6.07) is 5.91. The molecule has 1 aromatic carbocycles. The summed E-state index contributed by atoms with van der Waals surface area (Å²) in [7, 11) is 0. The Bertz CT molecular complexity index is 294. The van der Waals surface area contributed by atoms with Crippen LogP contribution in [0.2, 0.25) is 0 Å². The first-order chi connectivity index (χ1) is 6.29. The van der Waals surface area contributed by atoms with Gasteiger partial charge in [0.05, 0.1) is 11.1 Å². The maximum Gasteiger partial charge on any atom is 0.134 e. The molecule has 0 aliphatic carbocycles. The molecule has 0 aliphatic rings. The van der Waals surface area contributed by atoms with E-state index in [2.05, 4.69) is 29.4 Å². The van der Waals surface area contributed by atoms with Crippen LogP contribution in [-0.2, 0) is 0 Å². The van der Waals surface area contributed by atoms with Gasteiger partial charge in [0.2, 0.25) is 0 Å². The molecule has 0 radical (unpaired) electrons. The molecule has 0 saturated carbocycles. The molecule has 70 valence electrons.